The van der Waals surface area contributed by atoms with Crippen molar-refractivity contribution in [2.45, 2.75) is 45.7 Å². The molecule has 5 nitrogen and oxygen atoms in total. The second-order valence-electron chi connectivity index (χ2n) is 6.11. The summed E-state index contributed by atoms with van der Waals surface area (Å²) in [6, 6.07) is 8.77. The third-order valence-corrected chi connectivity index (χ3v) is 4.31. The van der Waals surface area contributed by atoms with Gasteiger partial charge in [0, 0.05) is 30.2 Å². The number of amides is 1. The lowest BCUT2D eigenvalue weighted by atomic mass is 10.1. The average Bonchev–Trinajstić information content (AvgIpc) is 2.90. The van der Waals surface area contributed by atoms with Gasteiger partial charge in [-0.15, -0.1) is 0 Å². The van der Waals surface area contributed by atoms with Gasteiger partial charge in [-0.3, -0.25) is 4.79 Å². The van der Waals surface area contributed by atoms with Crippen LogP contribution in [0, 0.1) is 0 Å². The SMILES string of the molecule is CCC(C)NC(=O)c1cnc(N2c3ccccc3CC2C)nc1. The smallest absolute Gasteiger partial charge is 0.254 e. The molecule has 120 valence electrons. The van der Waals surface area contributed by atoms with Crippen molar-refractivity contribution >= 4 is 17.5 Å². The molecule has 0 saturated carbocycles. The second-order valence-corrected chi connectivity index (χ2v) is 6.11. The van der Waals surface area contributed by atoms with Crippen LogP contribution in [-0.2, 0) is 6.42 Å². The van der Waals surface area contributed by atoms with Crippen LogP contribution in [0.3, 0.4) is 0 Å². The van der Waals surface area contributed by atoms with Gasteiger partial charge in [0.25, 0.3) is 5.91 Å². The fourth-order valence-corrected chi connectivity index (χ4v) is 2.84. The summed E-state index contributed by atoms with van der Waals surface area (Å²) in [6.07, 6.45) is 5.09. The molecule has 0 spiro atoms. The van der Waals surface area contributed by atoms with Crippen LogP contribution in [0.15, 0.2) is 36.7 Å². The molecule has 1 N–H and O–H groups in total. The molecular weight excluding hydrogens is 288 g/mol. The molecule has 0 saturated heterocycles. The Morgan fingerprint density at radius 1 is 1.35 bits per heavy atom. The Kier molecular flexibility index (Phi) is 4.28. The van der Waals surface area contributed by atoms with Crippen molar-refractivity contribution in [2.75, 3.05) is 4.90 Å². The summed E-state index contributed by atoms with van der Waals surface area (Å²) >= 11 is 0. The lowest BCUT2D eigenvalue weighted by molar-refractivity contribution is 0.0938. The van der Waals surface area contributed by atoms with Gasteiger partial charge in [0.15, 0.2) is 0 Å². The number of benzene rings is 1. The molecule has 23 heavy (non-hydrogen) atoms. The summed E-state index contributed by atoms with van der Waals surface area (Å²) in [6.45, 7) is 6.18. The Hall–Kier alpha value is -2.43. The Morgan fingerprint density at radius 2 is 2.04 bits per heavy atom. The highest BCUT2D eigenvalue weighted by Gasteiger charge is 2.28. The predicted molar refractivity (Wildman–Crippen MR) is 91.0 cm³/mol. The van der Waals surface area contributed by atoms with Gasteiger partial charge in [0.2, 0.25) is 5.95 Å². The van der Waals surface area contributed by atoms with E-state index in [1.54, 1.807) is 12.4 Å². The molecule has 2 heterocycles. The van der Waals surface area contributed by atoms with Crippen LogP contribution in [0.4, 0.5) is 11.6 Å². The summed E-state index contributed by atoms with van der Waals surface area (Å²) in [4.78, 5) is 23.1. The molecule has 5 heteroatoms. The Bertz CT molecular complexity index is 698. The third kappa shape index (κ3) is 3.04. The molecule has 2 unspecified atom stereocenters. The van der Waals surface area contributed by atoms with Crippen molar-refractivity contribution in [3.05, 3.63) is 47.8 Å². The first kappa shape index (κ1) is 15.5. The first-order chi connectivity index (χ1) is 11.1. The van der Waals surface area contributed by atoms with Gasteiger partial charge >= 0.3 is 0 Å². The van der Waals surface area contributed by atoms with E-state index < -0.39 is 0 Å². The molecule has 0 aliphatic carbocycles. The zero-order valence-electron chi connectivity index (χ0n) is 13.8. The Labute approximate surface area is 136 Å². The minimum atomic E-state index is -0.124. The van der Waals surface area contributed by atoms with Crippen molar-refractivity contribution in [2.24, 2.45) is 0 Å². The molecule has 1 aliphatic heterocycles. The van der Waals surface area contributed by atoms with Gasteiger partial charge in [-0.25, -0.2) is 9.97 Å². The zero-order chi connectivity index (χ0) is 16.4. The van der Waals surface area contributed by atoms with E-state index in [9.17, 15) is 4.79 Å². The lowest BCUT2D eigenvalue weighted by Gasteiger charge is -2.22. The standard InChI is InChI=1S/C18H22N4O/c1-4-12(2)21-17(23)15-10-19-18(20-11-15)22-13(3)9-14-7-5-6-8-16(14)22/h5-8,10-13H,4,9H2,1-3H3,(H,21,23). The highest BCUT2D eigenvalue weighted by molar-refractivity contribution is 5.93. The van der Waals surface area contributed by atoms with Crippen LogP contribution in [-0.4, -0.2) is 28.0 Å². The summed E-state index contributed by atoms with van der Waals surface area (Å²) in [5.41, 5.74) is 2.95. The third-order valence-electron chi connectivity index (χ3n) is 4.31. The number of hydrogen-bond acceptors (Lipinski definition) is 4. The largest absolute Gasteiger partial charge is 0.350 e. The average molecular weight is 310 g/mol. The van der Waals surface area contributed by atoms with Gasteiger partial charge in [-0.2, -0.15) is 0 Å². The van der Waals surface area contributed by atoms with E-state index in [1.807, 2.05) is 19.9 Å². The lowest BCUT2D eigenvalue weighted by Crippen LogP contribution is -2.32. The molecule has 1 aliphatic rings. The van der Waals surface area contributed by atoms with Crippen molar-refractivity contribution in [1.29, 1.82) is 0 Å². The number of fused-ring (bicyclic) bond motifs is 1. The number of nitrogens with zero attached hydrogens (tertiary/aromatic N) is 3. The number of rotatable bonds is 4. The van der Waals surface area contributed by atoms with Gasteiger partial charge in [0.1, 0.15) is 0 Å². The number of anilines is 2. The molecule has 1 aromatic heterocycles. The van der Waals surface area contributed by atoms with Crippen LogP contribution in [0.2, 0.25) is 0 Å². The first-order valence-corrected chi connectivity index (χ1v) is 8.10. The van der Waals surface area contributed by atoms with E-state index >= 15 is 0 Å². The minimum absolute atomic E-state index is 0.124. The normalized spacial score (nSPS) is 17.7. The molecule has 0 bridgehead atoms. The molecule has 3 rings (SSSR count). The molecule has 0 radical (unpaired) electrons. The van der Waals surface area contributed by atoms with Crippen molar-refractivity contribution in [3.8, 4) is 0 Å². The van der Waals surface area contributed by atoms with Crippen LogP contribution in [0.1, 0.15) is 43.1 Å². The number of aromatic nitrogens is 2. The quantitative estimate of drug-likeness (QED) is 0.943. The van der Waals surface area contributed by atoms with E-state index in [-0.39, 0.29) is 11.9 Å². The molecule has 2 aromatic rings. The number of carbonyl (C=O) groups is 1. The maximum atomic E-state index is 12.1. The van der Waals surface area contributed by atoms with E-state index in [2.05, 4.69) is 45.3 Å². The Balaban J connectivity index is 1.82. The predicted octanol–water partition coefficient (Wildman–Crippen LogP) is 3.09. The number of carbonyl (C=O) groups excluding carboxylic acids is 1. The topological polar surface area (TPSA) is 58.1 Å². The molecule has 2 atom stereocenters. The van der Waals surface area contributed by atoms with Gasteiger partial charge in [0.05, 0.1) is 5.56 Å². The van der Waals surface area contributed by atoms with Gasteiger partial charge in [-0.05, 0) is 38.3 Å². The van der Waals surface area contributed by atoms with E-state index in [0.29, 0.717) is 17.6 Å². The first-order valence-electron chi connectivity index (χ1n) is 8.10. The summed E-state index contributed by atoms with van der Waals surface area (Å²) < 4.78 is 0. The summed E-state index contributed by atoms with van der Waals surface area (Å²) in [5.74, 6) is 0.517. The number of hydrogen-bond donors (Lipinski definition) is 1. The van der Waals surface area contributed by atoms with E-state index in [4.69, 9.17) is 0 Å². The fraction of sp³-hybridized carbons (Fsp3) is 0.389. The van der Waals surface area contributed by atoms with Crippen LogP contribution in [0.5, 0.6) is 0 Å². The Morgan fingerprint density at radius 3 is 2.74 bits per heavy atom. The molecule has 1 aromatic carbocycles. The summed E-state index contributed by atoms with van der Waals surface area (Å²) in [5, 5.41) is 2.93. The van der Waals surface area contributed by atoms with Crippen molar-refractivity contribution in [1.82, 2.24) is 15.3 Å². The van der Waals surface area contributed by atoms with Crippen molar-refractivity contribution in [3.63, 3.8) is 0 Å². The maximum Gasteiger partial charge on any atom is 0.254 e. The molecule has 1 amide bonds. The summed E-state index contributed by atoms with van der Waals surface area (Å²) in [7, 11) is 0. The maximum absolute atomic E-state index is 12.1. The van der Waals surface area contributed by atoms with Crippen LogP contribution in [0.25, 0.3) is 0 Å². The van der Waals surface area contributed by atoms with Crippen LogP contribution < -0.4 is 10.2 Å². The number of para-hydroxylation sites is 1. The zero-order valence-corrected chi connectivity index (χ0v) is 13.8. The molecular formula is C18H22N4O. The highest BCUT2D eigenvalue weighted by Crippen LogP contribution is 2.35. The molecule has 0 fully saturated rings. The van der Waals surface area contributed by atoms with Crippen LogP contribution >= 0.6 is 0 Å². The monoisotopic (exact) mass is 310 g/mol. The number of nitrogens with one attached hydrogen (secondary N) is 1. The minimum Gasteiger partial charge on any atom is -0.350 e. The van der Waals surface area contributed by atoms with Gasteiger partial charge in [-0.1, -0.05) is 25.1 Å². The van der Waals surface area contributed by atoms with Gasteiger partial charge < -0.3 is 10.2 Å². The van der Waals surface area contributed by atoms with Crippen molar-refractivity contribution < 1.29 is 4.79 Å². The van der Waals surface area contributed by atoms with E-state index in [0.717, 1.165) is 18.5 Å². The fourth-order valence-electron chi connectivity index (χ4n) is 2.84. The highest BCUT2D eigenvalue weighted by atomic mass is 16.1. The second kappa shape index (κ2) is 6.36. The van der Waals surface area contributed by atoms with E-state index in [1.165, 1.54) is 5.56 Å².